The molecule has 0 N–H and O–H groups in total. The number of pyridine rings is 1. The molecule has 0 aliphatic heterocycles. The van der Waals surface area contributed by atoms with E-state index in [1.54, 1.807) is 12.4 Å². The van der Waals surface area contributed by atoms with E-state index in [9.17, 15) is 0 Å². The van der Waals surface area contributed by atoms with Gasteiger partial charge in [-0.2, -0.15) is 0 Å². The minimum atomic E-state index is 0.567. The molecule has 4 aromatic rings. The van der Waals surface area contributed by atoms with Gasteiger partial charge in [-0.05, 0) is 70.6 Å². The van der Waals surface area contributed by atoms with E-state index in [0.717, 1.165) is 27.9 Å². The fourth-order valence-corrected chi connectivity index (χ4v) is 2.67. The molecule has 0 aliphatic rings. The van der Waals surface area contributed by atoms with Crippen molar-refractivity contribution in [2.75, 3.05) is 0 Å². The number of oxazole rings is 1. The number of benzene rings is 2. The highest BCUT2D eigenvalue weighted by atomic mass is 127. The maximum atomic E-state index is 5.78. The molecular formula is C19H12IN3O. The predicted octanol–water partition coefficient (Wildman–Crippen LogP) is 5.25. The van der Waals surface area contributed by atoms with E-state index < -0.39 is 0 Å². The summed E-state index contributed by atoms with van der Waals surface area (Å²) < 4.78 is 6.99. The Balaban J connectivity index is 1.64. The average molecular weight is 425 g/mol. The quantitative estimate of drug-likeness (QED) is 0.333. The van der Waals surface area contributed by atoms with Crippen molar-refractivity contribution in [1.29, 1.82) is 0 Å². The third-order valence-electron chi connectivity index (χ3n) is 3.51. The lowest BCUT2D eigenvalue weighted by atomic mass is 10.2. The Morgan fingerprint density at radius 1 is 1.04 bits per heavy atom. The molecule has 0 spiro atoms. The van der Waals surface area contributed by atoms with Crippen LogP contribution in [0.3, 0.4) is 0 Å². The van der Waals surface area contributed by atoms with Gasteiger partial charge in [0, 0.05) is 22.2 Å². The topological polar surface area (TPSA) is 51.3 Å². The van der Waals surface area contributed by atoms with Gasteiger partial charge in [-0.3, -0.25) is 9.98 Å². The molecule has 2 aromatic heterocycles. The van der Waals surface area contributed by atoms with E-state index in [-0.39, 0.29) is 0 Å². The Morgan fingerprint density at radius 2 is 1.92 bits per heavy atom. The largest absolute Gasteiger partial charge is 0.436 e. The smallest absolute Gasteiger partial charge is 0.228 e. The molecule has 4 rings (SSSR count). The van der Waals surface area contributed by atoms with Gasteiger partial charge in [-0.1, -0.05) is 12.1 Å². The number of fused-ring (bicyclic) bond motifs is 1. The summed E-state index contributed by atoms with van der Waals surface area (Å²) >= 11 is 2.29. The molecule has 0 saturated carbocycles. The lowest BCUT2D eigenvalue weighted by Crippen LogP contribution is -1.80. The molecule has 0 fully saturated rings. The zero-order valence-corrected chi connectivity index (χ0v) is 14.7. The SMILES string of the molecule is Ic1ccc(C=Nc2ccc3oc(-c4cccnc4)nc3c2)cc1. The molecule has 4 nitrogen and oxygen atoms in total. The predicted molar refractivity (Wildman–Crippen MR) is 104 cm³/mol. The van der Waals surface area contributed by atoms with Gasteiger partial charge in [0.15, 0.2) is 5.58 Å². The van der Waals surface area contributed by atoms with Crippen LogP contribution in [0.15, 0.2) is 76.4 Å². The van der Waals surface area contributed by atoms with Crippen molar-refractivity contribution in [1.82, 2.24) is 9.97 Å². The van der Waals surface area contributed by atoms with Gasteiger partial charge in [-0.25, -0.2) is 4.98 Å². The van der Waals surface area contributed by atoms with Gasteiger partial charge in [0.1, 0.15) is 5.52 Å². The van der Waals surface area contributed by atoms with Gasteiger partial charge in [-0.15, -0.1) is 0 Å². The lowest BCUT2D eigenvalue weighted by Gasteiger charge is -1.95. The van der Waals surface area contributed by atoms with Crippen LogP contribution in [0, 0.1) is 3.57 Å². The van der Waals surface area contributed by atoms with Crippen molar-refractivity contribution in [3.05, 3.63) is 76.1 Å². The van der Waals surface area contributed by atoms with Crippen LogP contribution in [0.4, 0.5) is 5.69 Å². The van der Waals surface area contributed by atoms with Crippen LogP contribution < -0.4 is 0 Å². The fraction of sp³-hybridized carbons (Fsp3) is 0. The van der Waals surface area contributed by atoms with Gasteiger partial charge in [0.05, 0.1) is 11.3 Å². The van der Waals surface area contributed by atoms with Crippen molar-refractivity contribution in [2.45, 2.75) is 0 Å². The highest BCUT2D eigenvalue weighted by Gasteiger charge is 2.08. The third-order valence-corrected chi connectivity index (χ3v) is 4.23. The summed E-state index contributed by atoms with van der Waals surface area (Å²) in [6.45, 7) is 0. The summed E-state index contributed by atoms with van der Waals surface area (Å²) in [5, 5.41) is 0. The maximum Gasteiger partial charge on any atom is 0.228 e. The van der Waals surface area contributed by atoms with Gasteiger partial charge < -0.3 is 4.42 Å². The second-order valence-corrected chi connectivity index (χ2v) is 6.47. The molecule has 0 unspecified atom stereocenters. The number of rotatable bonds is 3. The van der Waals surface area contributed by atoms with Crippen molar-refractivity contribution in [3.63, 3.8) is 0 Å². The van der Waals surface area contributed by atoms with Crippen LogP contribution in [0.2, 0.25) is 0 Å². The van der Waals surface area contributed by atoms with Crippen LogP contribution in [0.25, 0.3) is 22.6 Å². The van der Waals surface area contributed by atoms with Crippen LogP contribution in [0.1, 0.15) is 5.56 Å². The highest BCUT2D eigenvalue weighted by Crippen LogP contribution is 2.26. The summed E-state index contributed by atoms with van der Waals surface area (Å²) in [5.74, 6) is 0.567. The molecule has 2 aromatic carbocycles. The van der Waals surface area contributed by atoms with Crippen LogP contribution in [0.5, 0.6) is 0 Å². The first-order valence-corrected chi connectivity index (χ1v) is 8.46. The van der Waals surface area contributed by atoms with E-state index in [0.29, 0.717) is 5.89 Å². The second-order valence-electron chi connectivity index (χ2n) is 5.22. The van der Waals surface area contributed by atoms with Gasteiger partial charge >= 0.3 is 0 Å². The summed E-state index contributed by atoms with van der Waals surface area (Å²) in [7, 11) is 0. The molecular weight excluding hydrogens is 413 g/mol. The number of nitrogens with zero attached hydrogens (tertiary/aromatic N) is 3. The first-order chi connectivity index (χ1) is 11.8. The summed E-state index contributed by atoms with van der Waals surface area (Å²) in [4.78, 5) is 13.1. The van der Waals surface area contributed by atoms with Gasteiger partial charge in [0.2, 0.25) is 5.89 Å². The molecule has 0 aliphatic carbocycles. The third kappa shape index (κ3) is 3.21. The summed E-state index contributed by atoms with van der Waals surface area (Å²) in [6, 6.07) is 17.7. The molecule has 0 radical (unpaired) electrons. The normalized spacial score (nSPS) is 11.4. The Hall–Kier alpha value is -2.54. The Bertz CT molecular complexity index is 1010. The van der Waals surface area contributed by atoms with Crippen molar-refractivity contribution in [2.24, 2.45) is 4.99 Å². The fourth-order valence-electron chi connectivity index (χ4n) is 2.31. The number of hydrogen-bond acceptors (Lipinski definition) is 4. The Morgan fingerprint density at radius 3 is 2.71 bits per heavy atom. The van der Waals surface area contributed by atoms with E-state index in [4.69, 9.17) is 4.42 Å². The summed E-state index contributed by atoms with van der Waals surface area (Å²) in [5.41, 5.74) is 4.28. The molecule has 0 amide bonds. The maximum absolute atomic E-state index is 5.78. The van der Waals surface area contributed by atoms with E-state index in [2.05, 4.69) is 49.7 Å². The second kappa shape index (κ2) is 6.52. The number of halogens is 1. The number of aromatic nitrogens is 2. The van der Waals surface area contributed by atoms with Crippen molar-refractivity contribution in [3.8, 4) is 11.5 Å². The Kier molecular flexibility index (Phi) is 4.08. The zero-order chi connectivity index (χ0) is 16.4. The number of hydrogen-bond donors (Lipinski definition) is 0. The van der Waals surface area contributed by atoms with E-state index in [1.807, 2.05) is 48.7 Å². The summed E-state index contributed by atoms with van der Waals surface area (Å²) in [6.07, 6.45) is 5.31. The zero-order valence-electron chi connectivity index (χ0n) is 12.6. The molecule has 0 saturated heterocycles. The van der Waals surface area contributed by atoms with Crippen LogP contribution in [-0.2, 0) is 0 Å². The molecule has 2 heterocycles. The van der Waals surface area contributed by atoms with Crippen LogP contribution in [-0.4, -0.2) is 16.2 Å². The first-order valence-electron chi connectivity index (χ1n) is 7.38. The minimum absolute atomic E-state index is 0.567. The number of aliphatic imine (C=N–C) groups is 1. The van der Waals surface area contributed by atoms with Crippen LogP contribution >= 0.6 is 22.6 Å². The monoisotopic (exact) mass is 425 g/mol. The van der Waals surface area contributed by atoms with Crippen molar-refractivity contribution < 1.29 is 4.42 Å². The molecule has 5 heteroatoms. The molecule has 0 bridgehead atoms. The highest BCUT2D eigenvalue weighted by molar-refractivity contribution is 14.1. The molecule has 0 atom stereocenters. The van der Waals surface area contributed by atoms with E-state index in [1.165, 1.54) is 3.57 Å². The standard InChI is InChI=1S/C19H12IN3O/c20-15-5-3-13(4-6-15)11-22-16-7-8-18-17(10-16)23-19(24-18)14-2-1-9-21-12-14/h1-12H. The van der Waals surface area contributed by atoms with Crippen molar-refractivity contribution >= 4 is 45.6 Å². The Labute approximate surface area is 152 Å². The van der Waals surface area contributed by atoms with Gasteiger partial charge in [0.25, 0.3) is 0 Å². The molecule has 24 heavy (non-hydrogen) atoms. The minimum Gasteiger partial charge on any atom is -0.436 e. The lowest BCUT2D eigenvalue weighted by molar-refractivity contribution is 0.619. The van der Waals surface area contributed by atoms with E-state index >= 15 is 0 Å². The first kappa shape index (κ1) is 15.0. The average Bonchev–Trinajstić information content (AvgIpc) is 3.05. The molecule has 116 valence electrons.